The number of phenolic OH excluding ortho intramolecular Hbond substituents is 1. The zero-order chi connectivity index (χ0) is 20.8. The van der Waals surface area contributed by atoms with Gasteiger partial charge < -0.3 is 14.7 Å². The molecule has 2 aliphatic heterocycles. The minimum atomic E-state index is 0.166. The number of benzene rings is 1. The van der Waals surface area contributed by atoms with E-state index >= 15 is 0 Å². The van der Waals surface area contributed by atoms with Crippen molar-refractivity contribution in [1.82, 2.24) is 9.80 Å². The number of hydrogen-bond acceptors (Lipinski definition) is 4. The largest absolute Gasteiger partial charge is 0.508 e. The van der Waals surface area contributed by atoms with E-state index in [1.165, 1.54) is 12.8 Å². The standard InChI is InChI=1S/C24H36N2O3/c1-23(2)12-19-13-24(3,15-23)16-26(19)22(28)17-7-9-25(10-8-17)14-18-5-6-20(27)11-21(18)29-4/h5-6,11,17,19,27H,7-10,12-16H2,1-4H3. The van der Waals surface area contributed by atoms with Gasteiger partial charge >= 0.3 is 0 Å². The summed E-state index contributed by atoms with van der Waals surface area (Å²) in [6, 6.07) is 5.74. The Kier molecular flexibility index (Phi) is 5.30. The van der Waals surface area contributed by atoms with Gasteiger partial charge in [-0.25, -0.2) is 0 Å². The Bertz CT molecular complexity index is 769. The molecule has 2 saturated heterocycles. The predicted octanol–water partition coefficient (Wildman–Crippen LogP) is 4.04. The zero-order valence-electron chi connectivity index (χ0n) is 18.4. The molecule has 0 spiro atoms. The third-order valence-corrected chi connectivity index (χ3v) is 7.30. The summed E-state index contributed by atoms with van der Waals surface area (Å²) in [4.78, 5) is 18.0. The molecule has 1 amide bonds. The highest BCUT2D eigenvalue weighted by atomic mass is 16.5. The summed E-state index contributed by atoms with van der Waals surface area (Å²) in [7, 11) is 1.64. The lowest BCUT2D eigenvalue weighted by Gasteiger charge is -2.40. The smallest absolute Gasteiger partial charge is 0.226 e. The number of phenols is 1. The fourth-order valence-corrected chi connectivity index (χ4v) is 6.39. The molecular weight excluding hydrogens is 364 g/mol. The van der Waals surface area contributed by atoms with Crippen LogP contribution in [0.3, 0.4) is 0 Å². The summed E-state index contributed by atoms with van der Waals surface area (Å²) in [5, 5.41) is 9.65. The van der Waals surface area contributed by atoms with Gasteiger partial charge in [-0.15, -0.1) is 0 Å². The molecule has 1 aromatic carbocycles. The molecule has 3 fully saturated rings. The summed E-state index contributed by atoms with van der Waals surface area (Å²) >= 11 is 0. The van der Waals surface area contributed by atoms with Crippen molar-refractivity contribution in [1.29, 1.82) is 0 Å². The average Bonchev–Trinajstić information content (AvgIpc) is 2.92. The van der Waals surface area contributed by atoms with Crippen LogP contribution in [-0.4, -0.2) is 53.6 Å². The van der Waals surface area contributed by atoms with Gasteiger partial charge in [-0.05, 0) is 62.1 Å². The number of carbonyl (C=O) groups is 1. The third-order valence-electron chi connectivity index (χ3n) is 7.30. The van der Waals surface area contributed by atoms with Crippen molar-refractivity contribution in [2.45, 2.75) is 65.5 Å². The number of nitrogens with zero attached hydrogens (tertiary/aromatic N) is 2. The maximum atomic E-state index is 13.4. The molecule has 3 aliphatic rings. The van der Waals surface area contributed by atoms with E-state index in [-0.39, 0.29) is 11.7 Å². The number of ether oxygens (including phenoxy) is 1. The first-order chi connectivity index (χ1) is 13.7. The molecular formula is C24H36N2O3. The van der Waals surface area contributed by atoms with E-state index in [9.17, 15) is 9.90 Å². The summed E-state index contributed by atoms with van der Waals surface area (Å²) in [5.74, 6) is 1.52. The zero-order valence-corrected chi connectivity index (χ0v) is 18.4. The second-order valence-corrected chi connectivity index (χ2v) is 10.7. The highest BCUT2D eigenvalue weighted by Crippen LogP contribution is 2.52. The van der Waals surface area contributed by atoms with Crippen molar-refractivity contribution >= 4 is 5.91 Å². The van der Waals surface area contributed by atoms with Crippen molar-refractivity contribution in [2.24, 2.45) is 16.7 Å². The van der Waals surface area contributed by atoms with Gasteiger partial charge in [0.25, 0.3) is 0 Å². The van der Waals surface area contributed by atoms with E-state index in [0.717, 1.165) is 56.8 Å². The molecule has 1 aromatic rings. The van der Waals surface area contributed by atoms with E-state index in [0.29, 0.717) is 22.8 Å². The number of methoxy groups -OCH3 is 1. The van der Waals surface area contributed by atoms with Crippen molar-refractivity contribution in [3.8, 4) is 11.5 Å². The topological polar surface area (TPSA) is 53.0 Å². The van der Waals surface area contributed by atoms with Gasteiger partial charge in [0.1, 0.15) is 11.5 Å². The van der Waals surface area contributed by atoms with Crippen LogP contribution in [0, 0.1) is 16.7 Å². The Balaban J connectivity index is 1.35. The van der Waals surface area contributed by atoms with Gasteiger partial charge in [0.15, 0.2) is 0 Å². The second-order valence-electron chi connectivity index (χ2n) is 10.7. The molecule has 4 rings (SSSR count). The van der Waals surface area contributed by atoms with Crippen LogP contribution in [0.1, 0.15) is 58.4 Å². The molecule has 2 bridgehead atoms. The number of rotatable bonds is 4. The van der Waals surface area contributed by atoms with Crippen LogP contribution in [0.15, 0.2) is 18.2 Å². The molecule has 1 N–H and O–H groups in total. The van der Waals surface area contributed by atoms with Crippen LogP contribution in [0.2, 0.25) is 0 Å². The van der Waals surface area contributed by atoms with Gasteiger partial charge in [0.05, 0.1) is 7.11 Å². The molecule has 1 aliphatic carbocycles. The number of fused-ring (bicyclic) bond motifs is 2. The van der Waals surface area contributed by atoms with Crippen LogP contribution in [0.5, 0.6) is 11.5 Å². The predicted molar refractivity (Wildman–Crippen MR) is 114 cm³/mol. The van der Waals surface area contributed by atoms with Crippen molar-refractivity contribution in [3.05, 3.63) is 23.8 Å². The SMILES string of the molecule is COc1cc(O)ccc1CN1CCC(C(=O)N2CC3(C)CC2CC(C)(C)C3)CC1. The summed E-state index contributed by atoms with van der Waals surface area (Å²) < 4.78 is 5.41. The first-order valence-electron chi connectivity index (χ1n) is 11.1. The first kappa shape index (κ1) is 20.5. The Morgan fingerprint density at radius 3 is 2.62 bits per heavy atom. The van der Waals surface area contributed by atoms with Crippen LogP contribution in [0.4, 0.5) is 0 Å². The number of likely N-dealkylation sites (tertiary alicyclic amines) is 2. The van der Waals surface area contributed by atoms with Crippen molar-refractivity contribution < 1.29 is 14.6 Å². The highest BCUT2D eigenvalue weighted by molar-refractivity contribution is 5.79. The normalized spacial score (nSPS) is 29.8. The quantitative estimate of drug-likeness (QED) is 0.829. The molecule has 160 valence electrons. The van der Waals surface area contributed by atoms with Gasteiger partial charge in [-0.3, -0.25) is 9.69 Å². The number of carbonyl (C=O) groups excluding carboxylic acids is 1. The molecule has 2 unspecified atom stereocenters. The van der Waals surface area contributed by atoms with E-state index in [2.05, 4.69) is 30.6 Å². The van der Waals surface area contributed by atoms with Gasteiger partial charge in [-0.1, -0.05) is 26.8 Å². The Morgan fingerprint density at radius 2 is 1.93 bits per heavy atom. The summed E-state index contributed by atoms with van der Waals surface area (Å²) in [6.45, 7) is 10.7. The Hall–Kier alpha value is -1.75. The molecule has 5 nitrogen and oxygen atoms in total. The molecule has 5 heteroatoms. The van der Waals surface area contributed by atoms with E-state index in [4.69, 9.17) is 4.74 Å². The van der Waals surface area contributed by atoms with Crippen LogP contribution in [-0.2, 0) is 11.3 Å². The lowest BCUT2D eigenvalue weighted by Crippen LogP contribution is -2.44. The highest BCUT2D eigenvalue weighted by Gasteiger charge is 2.51. The van der Waals surface area contributed by atoms with Crippen LogP contribution < -0.4 is 4.74 Å². The molecule has 0 aromatic heterocycles. The van der Waals surface area contributed by atoms with Gasteiger partial charge in [-0.2, -0.15) is 0 Å². The summed E-state index contributed by atoms with van der Waals surface area (Å²) in [6.07, 6.45) is 5.42. The van der Waals surface area contributed by atoms with Crippen molar-refractivity contribution in [2.75, 3.05) is 26.7 Å². The number of aromatic hydroxyl groups is 1. The molecule has 2 heterocycles. The second kappa shape index (κ2) is 7.50. The minimum Gasteiger partial charge on any atom is -0.508 e. The van der Waals surface area contributed by atoms with Crippen LogP contribution in [0.25, 0.3) is 0 Å². The fourth-order valence-electron chi connectivity index (χ4n) is 6.39. The maximum absolute atomic E-state index is 13.4. The monoisotopic (exact) mass is 400 g/mol. The maximum Gasteiger partial charge on any atom is 0.226 e. The number of amides is 1. The third kappa shape index (κ3) is 4.25. The molecule has 2 atom stereocenters. The fraction of sp³-hybridized carbons (Fsp3) is 0.708. The summed E-state index contributed by atoms with van der Waals surface area (Å²) in [5.41, 5.74) is 1.73. The van der Waals surface area contributed by atoms with Crippen molar-refractivity contribution in [3.63, 3.8) is 0 Å². The Labute approximate surface area is 175 Å². The van der Waals surface area contributed by atoms with Gasteiger partial charge in [0.2, 0.25) is 5.91 Å². The lowest BCUT2D eigenvalue weighted by atomic mass is 9.65. The molecule has 0 radical (unpaired) electrons. The Morgan fingerprint density at radius 1 is 1.21 bits per heavy atom. The molecule has 29 heavy (non-hydrogen) atoms. The number of piperidine rings is 1. The first-order valence-corrected chi connectivity index (χ1v) is 11.1. The number of hydrogen-bond donors (Lipinski definition) is 1. The van der Waals surface area contributed by atoms with E-state index in [1.54, 1.807) is 19.2 Å². The molecule has 1 saturated carbocycles. The minimum absolute atomic E-state index is 0.166. The van der Waals surface area contributed by atoms with Gasteiger partial charge in [0, 0.05) is 36.7 Å². The van der Waals surface area contributed by atoms with Crippen LogP contribution >= 0.6 is 0 Å². The lowest BCUT2D eigenvalue weighted by molar-refractivity contribution is -0.138. The average molecular weight is 401 g/mol. The van der Waals surface area contributed by atoms with E-state index < -0.39 is 0 Å². The van der Waals surface area contributed by atoms with E-state index in [1.807, 2.05) is 6.07 Å².